The van der Waals surface area contributed by atoms with Gasteiger partial charge in [-0.1, -0.05) is 11.6 Å². The van der Waals surface area contributed by atoms with Crippen LogP contribution in [0.3, 0.4) is 0 Å². The zero-order valence-electron chi connectivity index (χ0n) is 17.3. The fraction of sp³-hybridized carbons (Fsp3) is 0.0833. The van der Waals surface area contributed by atoms with Crippen molar-refractivity contribution in [1.29, 1.82) is 0 Å². The number of thioether (sulfide) groups is 1. The lowest BCUT2D eigenvalue weighted by Gasteiger charge is -2.13. The number of fused-ring (bicyclic) bond motifs is 1. The van der Waals surface area contributed by atoms with E-state index in [1.807, 2.05) is 18.4 Å². The largest absolute Gasteiger partial charge is 0.452 e. The van der Waals surface area contributed by atoms with E-state index in [-0.39, 0.29) is 16.7 Å². The highest BCUT2D eigenvalue weighted by molar-refractivity contribution is 7.98. The number of nitrogens with zero attached hydrogens (tertiary/aromatic N) is 1. The van der Waals surface area contributed by atoms with Gasteiger partial charge in [0.2, 0.25) is 0 Å². The molecule has 1 N–H and O–H groups in total. The quantitative estimate of drug-likeness (QED) is 0.313. The Labute approximate surface area is 198 Å². The van der Waals surface area contributed by atoms with Crippen LogP contribution in [0.4, 0.5) is 11.4 Å². The number of amides is 3. The summed E-state index contributed by atoms with van der Waals surface area (Å²) in [6.45, 7) is -0.496. The first-order valence-electron chi connectivity index (χ1n) is 9.77. The molecule has 0 radical (unpaired) electrons. The van der Waals surface area contributed by atoms with Crippen molar-refractivity contribution in [1.82, 2.24) is 0 Å². The van der Waals surface area contributed by atoms with Crippen molar-refractivity contribution in [2.24, 2.45) is 0 Å². The van der Waals surface area contributed by atoms with Crippen molar-refractivity contribution in [2.45, 2.75) is 4.90 Å². The van der Waals surface area contributed by atoms with Crippen molar-refractivity contribution in [2.75, 3.05) is 23.1 Å². The first kappa shape index (κ1) is 22.6. The molecule has 0 bridgehead atoms. The number of esters is 1. The van der Waals surface area contributed by atoms with Gasteiger partial charge in [-0.15, -0.1) is 11.8 Å². The minimum absolute atomic E-state index is 0.0602. The fourth-order valence-corrected chi connectivity index (χ4v) is 3.81. The average molecular weight is 481 g/mol. The first-order valence-corrected chi connectivity index (χ1v) is 11.4. The highest BCUT2D eigenvalue weighted by Gasteiger charge is 2.37. The summed E-state index contributed by atoms with van der Waals surface area (Å²) in [7, 11) is 0. The number of ether oxygens (including phenoxy) is 1. The monoisotopic (exact) mass is 480 g/mol. The second-order valence-electron chi connectivity index (χ2n) is 7.04. The van der Waals surface area contributed by atoms with E-state index < -0.39 is 30.3 Å². The van der Waals surface area contributed by atoms with E-state index in [1.54, 1.807) is 48.2 Å². The van der Waals surface area contributed by atoms with Crippen LogP contribution >= 0.6 is 23.4 Å². The van der Waals surface area contributed by atoms with Crippen LogP contribution in [-0.4, -0.2) is 36.6 Å². The molecular formula is C24H17ClN2O5S. The first-order chi connectivity index (χ1) is 15.9. The maximum Gasteiger partial charge on any atom is 0.338 e. The van der Waals surface area contributed by atoms with Crippen LogP contribution in [0.5, 0.6) is 0 Å². The van der Waals surface area contributed by atoms with E-state index >= 15 is 0 Å². The van der Waals surface area contributed by atoms with E-state index in [0.717, 1.165) is 9.80 Å². The van der Waals surface area contributed by atoms with Gasteiger partial charge in [0.25, 0.3) is 17.7 Å². The lowest BCUT2D eigenvalue weighted by atomic mass is 10.1. The summed E-state index contributed by atoms with van der Waals surface area (Å²) in [6.07, 6.45) is 1.95. The molecule has 0 spiro atoms. The SMILES string of the molecule is CSc1ccc(NC(=O)COC(=O)c2ccc3c(c2)C(=O)N(c2ccc(Cl)cc2)C3=O)cc1. The van der Waals surface area contributed by atoms with E-state index in [9.17, 15) is 19.2 Å². The van der Waals surface area contributed by atoms with Crippen molar-refractivity contribution in [3.05, 3.63) is 88.4 Å². The summed E-state index contributed by atoms with van der Waals surface area (Å²) >= 11 is 7.46. The lowest BCUT2D eigenvalue weighted by Crippen LogP contribution is -2.29. The second kappa shape index (κ2) is 9.48. The molecule has 1 aliphatic rings. The van der Waals surface area contributed by atoms with Gasteiger partial charge in [0.1, 0.15) is 0 Å². The van der Waals surface area contributed by atoms with Crippen LogP contribution in [0.1, 0.15) is 31.1 Å². The standard InChI is InChI=1S/C24H17ClN2O5S/c1-33-18-9-5-16(6-10-18)26-21(28)13-32-24(31)14-2-11-19-20(12-14)23(30)27(22(19)29)17-7-3-15(25)4-8-17/h2-12H,13H2,1H3,(H,26,28). The number of benzene rings is 3. The summed E-state index contributed by atoms with van der Waals surface area (Å²) in [6, 6.07) is 17.6. The summed E-state index contributed by atoms with van der Waals surface area (Å²) in [4.78, 5) is 52.1. The third-order valence-corrected chi connectivity index (χ3v) is 5.91. The van der Waals surface area contributed by atoms with Gasteiger partial charge in [0.15, 0.2) is 6.61 Å². The molecule has 7 nitrogen and oxygen atoms in total. The number of carbonyl (C=O) groups excluding carboxylic acids is 4. The molecule has 3 aromatic rings. The summed E-state index contributed by atoms with van der Waals surface area (Å²) in [5.74, 6) is -2.33. The maximum absolute atomic E-state index is 12.8. The number of nitrogens with one attached hydrogen (secondary N) is 1. The van der Waals surface area contributed by atoms with Crippen LogP contribution in [0.15, 0.2) is 71.6 Å². The average Bonchev–Trinajstić information content (AvgIpc) is 3.08. The molecule has 4 rings (SSSR count). The number of carbonyl (C=O) groups is 4. The number of halogens is 1. The van der Waals surface area contributed by atoms with Gasteiger partial charge in [-0.05, 0) is 73.0 Å². The van der Waals surface area contributed by atoms with E-state index in [2.05, 4.69) is 5.32 Å². The second-order valence-corrected chi connectivity index (χ2v) is 8.35. The molecule has 1 heterocycles. The lowest BCUT2D eigenvalue weighted by molar-refractivity contribution is -0.119. The zero-order valence-corrected chi connectivity index (χ0v) is 18.9. The third-order valence-electron chi connectivity index (χ3n) is 4.92. The van der Waals surface area contributed by atoms with Gasteiger partial charge in [0, 0.05) is 15.6 Å². The van der Waals surface area contributed by atoms with Crippen LogP contribution < -0.4 is 10.2 Å². The van der Waals surface area contributed by atoms with E-state index in [0.29, 0.717) is 16.4 Å². The van der Waals surface area contributed by atoms with Gasteiger partial charge in [0.05, 0.1) is 22.4 Å². The van der Waals surface area contributed by atoms with Crippen molar-refractivity contribution < 1.29 is 23.9 Å². The highest BCUT2D eigenvalue weighted by Crippen LogP contribution is 2.30. The highest BCUT2D eigenvalue weighted by atomic mass is 35.5. The molecule has 3 amide bonds. The molecule has 1 aliphatic heterocycles. The molecule has 0 aromatic heterocycles. The predicted molar refractivity (Wildman–Crippen MR) is 126 cm³/mol. The summed E-state index contributed by atoms with van der Waals surface area (Å²) in [5.41, 5.74) is 1.28. The van der Waals surface area contributed by atoms with Gasteiger partial charge >= 0.3 is 5.97 Å². The Morgan fingerprint density at radius 1 is 0.939 bits per heavy atom. The van der Waals surface area contributed by atoms with Crippen LogP contribution in [0.2, 0.25) is 5.02 Å². The minimum atomic E-state index is -0.782. The van der Waals surface area contributed by atoms with Crippen LogP contribution in [0.25, 0.3) is 0 Å². The summed E-state index contributed by atoms with van der Waals surface area (Å²) in [5, 5.41) is 3.12. The Kier molecular flexibility index (Phi) is 6.48. The maximum atomic E-state index is 12.8. The molecular weight excluding hydrogens is 464 g/mol. The molecule has 0 atom stereocenters. The van der Waals surface area contributed by atoms with Crippen LogP contribution in [-0.2, 0) is 9.53 Å². The number of anilines is 2. The number of hydrogen-bond acceptors (Lipinski definition) is 6. The predicted octanol–water partition coefficient (Wildman–Crippen LogP) is 4.66. The number of rotatable bonds is 6. The Hall–Kier alpha value is -3.62. The van der Waals surface area contributed by atoms with Crippen molar-refractivity contribution >= 4 is 58.4 Å². The molecule has 9 heteroatoms. The smallest absolute Gasteiger partial charge is 0.338 e. The molecule has 166 valence electrons. The Morgan fingerprint density at radius 3 is 2.27 bits per heavy atom. The van der Waals surface area contributed by atoms with Gasteiger partial charge < -0.3 is 10.1 Å². The van der Waals surface area contributed by atoms with E-state index in [1.165, 1.54) is 18.2 Å². The summed E-state index contributed by atoms with van der Waals surface area (Å²) < 4.78 is 5.07. The molecule has 0 fully saturated rings. The van der Waals surface area contributed by atoms with Gasteiger partial charge in [-0.3, -0.25) is 14.4 Å². The van der Waals surface area contributed by atoms with Crippen molar-refractivity contribution in [3.63, 3.8) is 0 Å². The normalized spacial score (nSPS) is 12.5. The van der Waals surface area contributed by atoms with Gasteiger partial charge in [-0.2, -0.15) is 0 Å². The van der Waals surface area contributed by atoms with Crippen molar-refractivity contribution in [3.8, 4) is 0 Å². The zero-order chi connectivity index (χ0) is 23.5. The molecule has 0 saturated heterocycles. The van der Waals surface area contributed by atoms with E-state index in [4.69, 9.17) is 16.3 Å². The number of imide groups is 1. The molecule has 0 aliphatic carbocycles. The molecule has 3 aromatic carbocycles. The fourth-order valence-electron chi connectivity index (χ4n) is 3.28. The third kappa shape index (κ3) is 4.76. The molecule has 0 unspecified atom stereocenters. The number of hydrogen-bond donors (Lipinski definition) is 1. The Morgan fingerprint density at radius 2 is 1.61 bits per heavy atom. The Bertz CT molecular complexity index is 1260. The molecule has 0 saturated carbocycles. The van der Waals surface area contributed by atoms with Crippen LogP contribution in [0, 0.1) is 0 Å². The topological polar surface area (TPSA) is 92.8 Å². The van der Waals surface area contributed by atoms with Gasteiger partial charge in [-0.25, -0.2) is 9.69 Å². The molecule has 33 heavy (non-hydrogen) atoms. The minimum Gasteiger partial charge on any atom is -0.452 e. The Balaban J connectivity index is 1.42.